The van der Waals surface area contributed by atoms with E-state index in [4.69, 9.17) is 4.74 Å². The number of carbonyl (C=O) groups is 2. The van der Waals surface area contributed by atoms with Crippen molar-refractivity contribution in [3.63, 3.8) is 0 Å². The van der Waals surface area contributed by atoms with Crippen LogP contribution in [0.1, 0.15) is 44.9 Å². The number of hydrogen-bond acceptors (Lipinski definition) is 5. The molecule has 160 valence electrons. The molecule has 2 amide bonds. The van der Waals surface area contributed by atoms with Crippen LogP contribution in [-0.4, -0.2) is 45.2 Å². The van der Waals surface area contributed by atoms with Crippen molar-refractivity contribution in [2.45, 2.75) is 55.4 Å². The number of H-pyrrole nitrogens is 1. The van der Waals surface area contributed by atoms with E-state index in [0.29, 0.717) is 24.1 Å². The largest absolute Gasteiger partial charge is 0.415 e. The van der Waals surface area contributed by atoms with Gasteiger partial charge in [0, 0.05) is 42.3 Å². The zero-order chi connectivity index (χ0) is 20.8. The molecule has 1 aliphatic carbocycles. The first kappa shape index (κ1) is 20.8. The fraction of sp³-hybridized carbons (Fsp3) is 0.500. The monoisotopic (exact) mass is 428 g/mol. The van der Waals surface area contributed by atoms with Crippen LogP contribution >= 0.6 is 11.8 Å². The number of thioether (sulfide) groups is 1. The van der Waals surface area contributed by atoms with Crippen molar-refractivity contribution in [2.24, 2.45) is 5.92 Å². The van der Waals surface area contributed by atoms with E-state index in [1.54, 1.807) is 47.1 Å². The van der Waals surface area contributed by atoms with E-state index in [1.807, 2.05) is 6.20 Å². The maximum Gasteiger partial charge on any atom is 0.415 e. The summed E-state index contributed by atoms with van der Waals surface area (Å²) in [5.41, 5.74) is 0.737. The minimum absolute atomic E-state index is 0.0923. The molecule has 1 saturated carbocycles. The van der Waals surface area contributed by atoms with E-state index >= 15 is 0 Å². The number of anilines is 1. The van der Waals surface area contributed by atoms with Gasteiger partial charge in [-0.05, 0) is 49.9 Å². The van der Waals surface area contributed by atoms with Crippen molar-refractivity contribution in [3.05, 3.63) is 36.7 Å². The number of nitrogens with one attached hydrogen (secondary N) is 2. The highest BCUT2D eigenvalue weighted by Crippen LogP contribution is 2.29. The lowest BCUT2D eigenvalue weighted by molar-refractivity contribution is -0.120. The zero-order valence-electron chi connectivity index (χ0n) is 17.0. The van der Waals surface area contributed by atoms with E-state index in [2.05, 4.69) is 15.3 Å². The molecule has 1 aromatic heterocycles. The van der Waals surface area contributed by atoms with Crippen LogP contribution in [0.5, 0.6) is 5.75 Å². The summed E-state index contributed by atoms with van der Waals surface area (Å²) in [6, 6.07) is 7.03. The second-order valence-corrected chi connectivity index (χ2v) is 9.20. The first-order valence-electron chi connectivity index (χ1n) is 10.7. The highest BCUT2D eigenvalue weighted by Gasteiger charge is 2.25. The van der Waals surface area contributed by atoms with Crippen LogP contribution in [0, 0.1) is 5.92 Å². The number of piperidine rings is 1. The second-order valence-electron chi connectivity index (χ2n) is 7.92. The smallest absolute Gasteiger partial charge is 0.410 e. The Morgan fingerprint density at radius 3 is 2.47 bits per heavy atom. The number of rotatable bonds is 5. The molecule has 2 fully saturated rings. The van der Waals surface area contributed by atoms with Crippen LogP contribution in [0.2, 0.25) is 0 Å². The third kappa shape index (κ3) is 5.56. The molecule has 30 heavy (non-hydrogen) atoms. The zero-order valence-corrected chi connectivity index (χ0v) is 17.8. The maximum absolute atomic E-state index is 12.5. The standard InChI is InChI=1S/C22H28N4O3S/c27-20(16-4-2-1-3-5-16)25-17-6-8-18(9-7-17)29-22(28)26-14-10-19(11-15-26)30-21-23-12-13-24-21/h6-9,12-13,16,19H,1-5,10-11,14-15H2,(H,23,24)(H,25,27). The summed E-state index contributed by atoms with van der Waals surface area (Å²) in [6.07, 6.45) is 10.5. The third-order valence-corrected chi connectivity index (χ3v) is 7.01. The lowest BCUT2D eigenvalue weighted by Gasteiger charge is -2.30. The minimum Gasteiger partial charge on any atom is -0.410 e. The molecule has 8 heteroatoms. The van der Waals surface area contributed by atoms with Crippen LogP contribution in [-0.2, 0) is 4.79 Å². The van der Waals surface area contributed by atoms with Crippen molar-refractivity contribution < 1.29 is 14.3 Å². The number of nitrogens with zero attached hydrogens (tertiary/aromatic N) is 2. The number of likely N-dealkylation sites (tertiary alicyclic amines) is 1. The molecule has 4 rings (SSSR count). The summed E-state index contributed by atoms with van der Waals surface area (Å²) < 4.78 is 5.52. The van der Waals surface area contributed by atoms with Gasteiger partial charge in [0.15, 0.2) is 5.16 Å². The van der Waals surface area contributed by atoms with E-state index < -0.39 is 0 Å². The van der Waals surface area contributed by atoms with Gasteiger partial charge >= 0.3 is 6.09 Å². The number of imidazole rings is 1. The molecule has 0 radical (unpaired) electrons. The number of aromatic nitrogens is 2. The van der Waals surface area contributed by atoms with Gasteiger partial charge < -0.3 is 19.9 Å². The number of ether oxygens (including phenoxy) is 1. The Hall–Kier alpha value is -2.48. The van der Waals surface area contributed by atoms with Crippen molar-refractivity contribution in [2.75, 3.05) is 18.4 Å². The lowest BCUT2D eigenvalue weighted by atomic mass is 9.88. The Balaban J connectivity index is 1.22. The van der Waals surface area contributed by atoms with Gasteiger partial charge in [-0.25, -0.2) is 9.78 Å². The molecular weight excluding hydrogens is 400 g/mol. The fourth-order valence-electron chi connectivity index (χ4n) is 4.01. The molecule has 2 aliphatic rings. The van der Waals surface area contributed by atoms with Crippen LogP contribution in [0.25, 0.3) is 0 Å². The Morgan fingerprint density at radius 2 is 1.80 bits per heavy atom. The van der Waals surface area contributed by atoms with Gasteiger partial charge in [0.25, 0.3) is 0 Å². The normalized spacial score (nSPS) is 18.2. The molecular formula is C22H28N4O3S. The second kappa shape index (κ2) is 10.0. The van der Waals surface area contributed by atoms with Crippen molar-refractivity contribution >= 4 is 29.4 Å². The number of carbonyl (C=O) groups excluding carboxylic acids is 2. The van der Waals surface area contributed by atoms with Gasteiger partial charge in [0.1, 0.15) is 5.75 Å². The average molecular weight is 429 g/mol. The summed E-state index contributed by atoms with van der Waals surface area (Å²) in [5, 5.41) is 4.35. The molecule has 2 heterocycles. The average Bonchev–Trinajstić information content (AvgIpc) is 3.29. The van der Waals surface area contributed by atoms with Crippen molar-refractivity contribution in [3.8, 4) is 5.75 Å². The molecule has 1 aromatic carbocycles. The first-order chi connectivity index (χ1) is 14.7. The van der Waals surface area contributed by atoms with Crippen LogP contribution in [0.3, 0.4) is 0 Å². The first-order valence-corrected chi connectivity index (χ1v) is 11.6. The highest BCUT2D eigenvalue weighted by atomic mass is 32.2. The number of amides is 2. The van der Waals surface area contributed by atoms with Gasteiger partial charge in [-0.15, -0.1) is 0 Å². The van der Waals surface area contributed by atoms with Gasteiger partial charge in [0.2, 0.25) is 5.91 Å². The molecule has 0 atom stereocenters. The van der Waals surface area contributed by atoms with Crippen molar-refractivity contribution in [1.82, 2.24) is 14.9 Å². The molecule has 0 unspecified atom stereocenters. The van der Waals surface area contributed by atoms with Gasteiger partial charge in [-0.1, -0.05) is 31.0 Å². The van der Waals surface area contributed by atoms with Crippen molar-refractivity contribution in [1.29, 1.82) is 0 Å². The fourth-order valence-corrected chi connectivity index (χ4v) is 5.03. The Bertz CT molecular complexity index is 827. The molecule has 1 aliphatic heterocycles. The van der Waals surface area contributed by atoms with E-state index in [-0.39, 0.29) is 17.9 Å². The van der Waals surface area contributed by atoms with E-state index in [1.165, 1.54) is 6.42 Å². The van der Waals surface area contributed by atoms with Crippen LogP contribution < -0.4 is 10.1 Å². The molecule has 2 aromatic rings. The minimum atomic E-state index is -0.324. The number of aromatic amines is 1. The number of benzene rings is 1. The number of hydrogen-bond donors (Lipinski definition) is 2. The van der Waals surface area contributed by atoms with E-state index in [9.17, 15) is 9.59 Å². The molecule has 2 N–H and O–H groups in total. The summed E-state index contributed by atoms with van der Waals surface area (Å²) in [6.45, 7) is 1.35. The van der Waals surface area contributed by atoms with Crippen LogP contribution in [0.4, 0.5) is 10.5 Å². The Kier molecular flexibility index (Phi) is 6.94. The molecule has 0 spiro atoms. The molecule has 1 saturated heterocycles. The summed E-state index contributed by atoms with van der Waals surface area (Å²) >= 11 is 1.73. The topological polar surface area (TPSA) is 87.3 Å². The quantitative estimate of drug-likeness (QED) is 0.722. The third-order valence-electron chi connectivity index (χ3n) is 5.75. The van der Waals surface area contributed by atoms with Crippen LogP contribution in [0.15, 0.2) is 41.8 Å². The summed E-state index contributed by atoms with van der Waals surface area (Å²) in [7, 11) is 0. The summed E-state index contributed by atoms with van der Waals surface area (Å²) in [5.74, 6) is 0.697. The maximum atomic E-state index is 12.5. The SMILES string of the molecule is O=C(Nc1ccc(OC(=O)N2CCC(Sc3ncc[nH]3)CC2)cc1)C1CCCCC1. The Morgan fingerprint density at radius 1 is 1.07 bits per heavy atom. The molecule has 0 bridgehead atoms. The van der Waals surface area contributed by atoms with Gasteiger partial charge in [-0.3, -0.25) is 4.79 Å². The highest BCUT2D eigenvalue weighted by molar-refractivity contribution is 7.99. The predicted molar refractivity (Wildman–Crippen MR) is 117 cm³/mol. The van der Waals surface area contributed by atoms with Gasteiger partial charge in [0.05, 0.1) is 0 Å². The lowest BCUT2D eigenvalue weighted by Crippen LogP contribution is -2.40. The molecule has 7 nitrogen and oxygen atoms in total. The Labute approximate surface area is 181 Å². The summed E-state index contributed by atoms with van der Waals surface area (Å²) in [4.78, 5) is 33.9. The van der Waals surface area contributed by atoms with Gasteiger partial charge in [-0.2, -0.15) is 0 Å². The van der Waals surface area contributed by atoms with E-state index in [0.717, 1.165) is 49.4 Å². The predicted octanol–water partition coefficient (Wildman–Crippen LogP) is 4.68.